The second-order valence-corrected chi connectivity index (χ2v) is 20.0. The zero-order valence-electron chi connectivity index (χ0n) is 35.3. The maximum atomic E-state index is 14.8. The van der Waals surface area contributed by atoms with Gasteiger partial charge in [-0.25, -0.2) is 4.21 Å². The number of nitrogens with zero attached hydrogens (tertiary/aromatic N) is 5. The number of benzene rings is 2. The summed E-state index contributed by atoms with van der Waals surface area (Å²) >= 11 is 6.52. The van der Waals surface area contributed by atoms with Crippen molar-refractivity contribution >= 4 is 39.0 Å². The van der Waals surface area contributed by atoms with Crippen LogP contribution in [0, 0.1) is 17.8 Å². The van der Waals surface area contributed by atoms with Gasteiger partial charge in [0.25, 0.3) is 11.8 Å². The number of anilines is 1. The number of hydrogen-bond donors (Lipinski definition) is 1. The number of carbonyl (C=O) groups excluding carboxylic acids is 2. The lowest BCUT2D eigenvalue weighted by atomic mass is 9.68. The number of halogens is 1. The van der Waals surface area contributed by atoms with Crippen molar-refractivity contribution in [2.45, 2.75) is 75.9 Å². The average molecular weight is 864 g/mol. The van der Waals surface area contributed by atoms with Crippen LogP contribution in [0.15, 0.2) is 59.1 Å². The molecule has 4 heterocycles. The molecule has 1 aromatic heterocycles. The number of amides is 2. The first-order valence-corrected chi connectivity index (χ1v) is 23.5. The first-order chi connectivity index (χ1) is 28.9. The van der Waals surface area contributed by atoms with Crippen LogP contribution in [0.1, 0.15) is 83.7 Å². The van der Waals surface area contributed by atoms with Gasteiger partial charge in [-0.2, -0.15) is 0 Å². The van der Waals surface area contributed by atoms with Crippen LogP contribution in [0.25, 0.3) is 0 Å². The van der Waals surface area contributed by atoms with Crippen molar-refractivity contribution in [1.82, 2.24) is 19.4 Å². The molecule has 2 aliphatic carbocycles. The lowest BCUT2D eigenvalue weighted by Crippen LogP contribution is -2.50. The second kappa shape index (κ2) is 18.2. The minimum atomic E-state index is -3.64. The molecule has 1 saturated heterocycles. The molecule has 2 aromatic carbocycles. The Morgan fingerprint density at radius 2 is 1.95 bits per heavy atom. The van der Waals surface area contributed by atoms with E-state index in [1.807, 2.05) is 25.1 Å². The van der Waals surface area contributed by atoms with Crippen molar-refractivity contribution in [1.29, 1.82) is 0 Å². The van der Waals surface area contributed by atoms with Crippen molar-refractivity contribution in [3.8, 4) is 11.6 Å². The van der Waals surface area contributed by atoms with Crippen molar-refractivity contribution < 1.29 is 32.7 Å². The van der Waals surface area contributed by atoms with E-state index >= 15 is 0 Å². The summed E-state index contributed by atoms with van der Waals surface area (Å²) in [6, 6.07) is 11.6. The third kappa shape index (κ3) is 9.28. The number of likely N-dealkylation sites (tertiary alicyclic amines) is 1. The zero-order valence-corrected chi connectivity index (χ0v) is 36.8. The molecule has 0 unspecified atom stereocenters. The molecule has 3 aromatic rings. The van der Waals surface area contributed by atoms with Crippen LogP contribution >= 0.6 is 11.6 Å². The Labute approximate surface area is 359 Å². The van der Waals surface area contributed by atoms with Crippen molar-refractivity contribution in [3.63, 3.8) is 0 Å². The number of allylic oxidation sites excluding steroid dienone is 1. The van der Waals surface area contributed by atoms with Gasteiger partial charge in [0.05, 0.1) is 44.0 Å². The number of aromatic nitrogens is 2. The van der Waals surface area contributed by atoms with E-state index in [2.05, 4.69) is 48.3 Å². The van der Waals surface area contributed by atoms with E-state index in [1.165, 1.54) is 29.1 Å². The molecule has 3 aliphatic heterocycles. The van der Waals surface area contributed by atoms with Crippen LogP contribution in [0.3, 0.4) is 0 Å². The molecule has 5 aliphatic rings. The molecule has 15 heteroatoms. The zero-order chi connectivity index (χ0) is 42.0. The molecule has 1 saturated carbocycles. The molecule has 2 bridgehead atoms. The minimum absolute atomic E-state index is 0.0431. The minimum Gasteiger partial charge on any atom is -0.490 e. The third-order valence-corrected chi connectivity index (χ3v) is 15.5. The number of nitrogens with one attached hydrogen (secondary N) is 1. The monoisotopic (exact) mass is 862 g/mol. The fourth-order valence-corrected chi connectivity index (χ4v) is 12.0. The topological polar surface area (TPSA) is 137 Å². The molecule has 6 atom stereocenters. The molecule has 60 heavy (non-hydrogen) atoms. The molecule has 0 radical (unpaired) electrons. The normalized spacial score (nSPS) is 29.3. The van der Waals surface area contributed by atoms with E-state index < -0.39 is 21.7 Å². The largest absolute Gasteiger partial charge is 0.490 e. The molecular formula is C45H59ClN6O7S. The molecule has 2 amide bonds. The smallest absolute Gasteiger partial charge is 0.286 e. The highest BCUT2D eigenvalue weighted by atomic mass is 35.5. The molecule has 1 spiro atoms. The van der Waals surface area contributed by atoms with Crippen LogP contribution in [-0.2, 0) is 38.3 Å². The van der Waals surface area contributed by atoms with Crippen LogP contribution in [0.5, 0.6) is 11.6 Å². The van der Waals surface area contributed by atoms with Gasteiger partial charge in [-0.3, -0.25) is 19.0 Å². The predicted octanol–water partition coefficient (Wildman–Crippen LogP) is 6.63. The number of aryl methyl sites for hydroxylation is 2. The van der Waals surface area contributed by atoms with E-state index in [9.17, 15) is 13.8 Å². The van der Waals surface area contributed by atoms with Crippen molar-refractivity contribution in [2.75, 3.05) is 70.8 Å². The molecule has 2 fully saturated rings. The van der Waals surface area contributed by atoms with Gasteiger partial charge in [-0.15, -0.1) is 9.46 Å². The van der Waals surface area contributed by atoms with Gasteiger partial charge in [0.15, 0.2) is 0 Å². The van der Waals surface area contributed by atoms with E-state index in [1.54, 1.807) is 20.2 Å². The summed E-state index contributed by atoms with van der Waals surface area (Å²) in [6.07, 6.45) is 13.7. The number of carbonyl (C=O) groups is 2. The number of fused-ring (bicyclic) bond motifs is 4. The maximum Gasteiger partial charge on any atom is 0.286 e. The van der Waals surface area contributed by atoms with Gasteiger partial charge in [-0.1, -0.05) is 36.7 Å². The Kier molecular flexibility index (Phi) is 12.9. The molecule has 13 nitrogen and oxygen atoms in total. The van der Waals surface area contributed by atoms with Gasteiger partial charge in [0.1, 0.15) is 21.2 Å². The van der Waals surface area contributed by atoms with E-state index in [4.69, 9.17) is 30.5 Å². The van der Waals surface area contributed by atoms with E-state index in [-0.39, 0.29) is 40.2 Å². The number of hydrogen-bond acceptors (Lipinski definition) is 10. The van der Waals surface area contributed by atoms with Crippen LogP contribution in [0.2, 0.25) is 5.02 Å². The first kappa shape index (κ1) is 42.7. The quantitative estimate of drug-likeness (QED) is 0.246. The first-order valence-electron chi connectivity index (χ1n) is 21.5. The van der Waals surface area contributed by atoms with Gasteiger partial charge < -0.3 is 28.7 Å². The SMILES string of the molecule is COc1nn(C)cc1C(=O)N[S@@]1(=O)=NC(=O)c2ccc3c(c2)N(C[C@@H]2CC[C@H]2[C@@H](OCCN2CCC(OC)CC2)/C=C/C[C@H](C)C1)C[C@@]1(CCCc2cc(Cl)ccc21)CO3. The second-order valence-electron chi connectivity index (χ2n) is 17.5. The van der Waals surface area contributed by atoms with Crippen molar-refractivity contribution in [3.05, 3.63) is 82.0 Å². The summed E-state index contributed by atoms with van der Waals surface area (Å²) in [5.41, 5.74) is 3.41. The lowest BCUT2D eigenvalue weighted by molar-refractivity contribution is -0.0274. The molecular weight excluding hydrogens is 804 g/mol. The van der Waals surface area contributed by atoms with Gasteiger partial charge in [-0.05, 0) is 111 Å². The number of rotatable bonds is 8. The Morgan fingerprint density at radius 3 is 2.72 bits per heavy atom. The van der Waals surface area contributed by atoms with Crippen molar-refractivity contribution in [2.24, 2.45) is 29.2 Å². The molecule has 1 N–H and O–H groups in total. The number of piperidine rings is 1. The van der Waals surface area contributed by atoms with Gasteiger partial charge >= 0.3 is 0 Å². The van der Waals surface area contributed by atoms with Crippen LogP contribution in [-0.4, -0.2) is 109 Å². The fourth-order valence-electron chi connectivity index (χ4n) is 9.95. The molecule has 324 valence electrons. The molecule has 8 rings (SSSR count). The highest BCUT2D eigenvalue weighted by molar-refractivity contribution is 7.92. The summed E-state index contributed by atoms with van der Waals surface area (Å²) < 4.78 is 47.7. The average Bonchev–Trinajstić information content (AvgIpc) is 3.54. The van der Waals surface area contributed by atoms with Crippen LogP contribution < -0.4 is 19.1 Å². The van der Waals surface area contributed by atoms with Gasteiger partial charge in [0, 0.05) is 69.1 Å². The summed E-state index contributed by atoms with van der Waals surface area (Å²) in [5.74, 6) is -0.181. The standard InChI is InChI=1S/C45H59ClN6O7S/c1-30-7-5-9-40(58-22-21-51-19-16-35(56-3)17-20-51)36-13-10-33(36)25-52-28-45(18-6-8-31-23-34(46)12-14-38(31)45)29-59-41-15-11-32(24-39(41)52)42(53)48-60(55,27-30)49-43(54)37-26-50(2)47-44(37)57-4/h5,9,11-12,14-15,23-24,26,30,33,35-36,40H,6-8,10,13,16-22,25,27-29H2,1-4H3,(H,48,49,53,54,55)/b9-5+/t30-,33-,36+,40-,45-,60-/m0/s1. The summed E-state index contributed by atoms with van der Waals surface area (Å²) in [6.45, 7) is 7.38. The Balaban J connectivity index is 1.15. The Hall–Kier alpha value is -3.95. The number of methoxy groups -OCH3 is 2. The highest BCUT2D eigenvalue weighted by Crippen LogP contribution is 2.47. The third-order valence-electron chi connectivity index (χ3n) is 13.3. The van der Waals surface area contributed by atoms with E-state index in [0.29, 0.717) is 49.9 Å². The van der Waals surface area contributed by atoms with Gasteiger partial charge in [0.2, 0.25) is 5.88 Å². The van der Waals surface area contributed by atoms with Crippen LogP contribution in [0.4, 0.5) is 5.69 Å². The summed E-state index contributed by atoms with van der Waals surface area (Å²) in [5, 5.41) is 4.92. The predicted molar refractivity (Wildman–Crippen MR) is 233 cm³/mol. The maximum absolute atomic E-state index is 14.8. The highest BCUT2D eigenvalue weighted by Gasteiger charge is 2.44. The lowest BCUT2D eigenvalue weighted by Gasteiger charge is -2.46. The Morgan fingerprint density at radius 1 is 1.12 bits per heavy atom. The summed E-state index contributed by atoms with van der Waals surface area (Å²) in [4.78, 5) is 32.8. The van der Waals surface area contributed by atoms with E-state index in [0.717, 1.165) is 81.8 Å². The Bertz CT molecular complexity index is 2210. The fraction of sp³-hybridized carbons (Fsp3) is 0.578. The summed E-state index contributed by atoms with van der Waals surface area (Å²) in [7, 11) is 1.24. The number of ether oxygens (including phenoxy) is 4.